The Labute approximate surface area is 194 Å². The summed E-state index contributed by atoms with van der Waals surface area (Å²) in [6.07, 6.45) is 5.24. The van der Waals surface area contributed by atoms with Gasteiger partial charge >= 0.3 is 12.1 Å². The number of amides is 2. The maximum atomic E-state index is 12.5. The van der Waals surface area contributed by atoms with Crippen molar-refractivity contribution in [3.8, 4) is 0 Å². The summed E-state index contributed by atoms with van der Waals surface area (Å²) in [6.45, 7) is 7.53. The maximum Gasteiger partial charge on any atom is 0.410 e. The molecule has 0 radical (unpaired) electrons. The van der Waals surface area contributed by atoms with Crippen LogP contribution in [0.2, 0.25) is 0 Å². The summed E-state index contributed by atoms with van der Waals surface area (Å²) >= 11 is 0. The van der Waals surface area contributed by atoms with Crippen LogP contribution in [0.25, 0.3) is 0 Å². The lowest BCUT2D eigenvalue weighted by Crippen LogP contribution is -2.41. The summed E-state index contributed by atoms with van der Waals surface area (Å²) in [6, 6.07) is 0.000476. The van der Waals surface area contributed by atoms with Gasteiger partial charge in [-0.1, -0.05) is 0 Å². The van der Waals surface area contributed by atoms with Crippen LogP contribution in [-0.2, 0) is 20.8 Å². The summed E-state index contributed by atoms with van der Waals surface area (Å²) in [5.74, 6) is -0.0895. The van der Waals surface area contributed by atoms with Crippen LogP contribution in [0.5, 0.6) is 0 Å². The summed E-state index contributed by atoms with van der Waals surface area (Å²) in [4.78, 5) is 39.5. The Bertz CT molecular complexity index is 819. The van der Waals surface area contributed by atoms with Crippen LogP contribution < -0.4 is 5.32 Å². The molecule has 1 saturated carbocycles. The predicted molar refractivity (Wildman–Crippen MR) is 118 cm³/mol. The maximum absolute atomic E-state index is 12.5. The number of tetrazole rings is 1. The Morgan fingerprint density at radius 2 is 1.73 bits per heavy atom. The first-order valence-corrected chi connectivity index (χ1v) is 11.8. The summed E-state index contributed by atoms with van der Waals surface area (Å²) in [5.41, 5.74) is -0.487. The SMILES string of the molecule is COC(=O)[C@H]1CC[C@H](NC(=O)c2nnn(CCC3CCN(C(=O)OC(C)(C)C)CC3)n2)CC1. The van der Waals surface area contributed by atoms with Gasteiger partial charge in [0.1, 0.15) is 5.60 Å². The molecule has 1 aromatic rings. The molecule has 1 N–H and O–H groups in total. The molecule has 1 aliphatic heterocycles. The number of esters is 1. The highest BCUT2D eigenvalue weighted by atomic mass is 16.6. The molecule has 0 bridgehead atoms. The minimum atomic E-state index is -0.487. The van der Waals surface area contributed by atoms with Gasteiger partial charge in [-0.25, -0.2) is 4.79 Å². The molecule has 0 spiro atoms. The van der Waals surface area contributed by atoms with E-state index in [2.05, 4.69) is 20.7 Å². The highest BCUT2D eigenvalue weighted by molar-refractivity contribution is 5.90. The highest BCUT2D eigenvalue weighted by Crippen LogP contribution is 2.25. The van der Waals surface area contributed by atoms with Crippen molar-refractivity contribution in [2.45, 2.75) is 83.9 Å². The lowest BCUT2D eigenvalue weighted by atomic mass is 9.86. The van der Waals surface area contributed by atoms with Gasteiger partial charge < -0.3 is 19.7 Å². The van der Waals surface area contributed by atoms with Crippen LogP contribution in [0.3, 0.4) is 0 Å². The molecule has 2 heterocycles. The Hall–Kier alpha value is -2.72. The Balaban J connectivity index is 1.38. The van der Waals surface area contributed by atoms with E-state index in [4.69, 9.17) is 9.47 Å². The average Bonchev–Trinajstić information content (AvgIpc) is 3.26. The molecule has 1 aliphatic carbocycles. The standard InChI is InChI=1S/C22H36N6O5/c1-22(2,3)33-21(31)27-12-9-15(10-13-27)11-14-28-25-18(24-26-28)19(29)23-17-7-5-16(6-8-17)20(30)32-4/h15-17H,5-14H2,1-4H3,(H,23,29)/t16-,17-. The van der Waals surface area contributed by atoms with Gasteiger partial charge in [0.25, 0.3) is 11.7 Å². The van der Waals surface area contributed by atoms with E-state index in [0.717, 1.165) is 32.1 Å². The molecule has 1 aromatic heterocycles. The smallest absolute Gasteiger partial charge is 0.410 e. The van der Waals surface area contributed by atoms with Crippen molar-refractivity contribution in [3.05, 3.63) is 5.82 Å². The van der Waals surface area contributed by atoms with Crippen LogP contribution in [0, 0.1) is 11.8 Å². The molecule has 2 amide bonds. The fourth-order valence-electron chi connectivity index (χ4n) is 4.35. The molecule has 2 fully saturated rings. The van der Waals surface area contributed by atoms with Gasteiger partial charge in [0.15, 0.2) is 0 Å². The first-order chi connectivity index (χ1) is 15.6. The zero-order chi connectivity index (χ0) is 24.0. The van der Waals surface area contributed by atoms with Crippen molar-refractivity contribution in [2.24, 2.45) is 11.8 Å². The molecule has 184 valence electrons. The number of carbonyl (C=O) groups excluding carboxylic acids is 3. The molecule has 1 saturated heterocycles. The third-order valence-corrected chi connectivity index (χ3v) is 6.26. The normalized spacial score (nSPS) is 22.0. The number of carbonyl (C=O) groups is 3. The molecular weight excluding hydrogens is 428 g/mol. The molecule has 2 aliphatic rings. The lowest BCUT2D eigenvalue weighted by Gasteiger charge is -2.33. The molecule has 11 nitrogen and oxygen atoms in total. The largest absolute Gasteiger partial charge is 0.469 e. The second kappa shape index (κ2) is 10.9. The average molecular weight is 465 g/mol. The van der Waals surface area contributed by atoms with E-state index in [1.807, 2.05) is 20.8 Å². The number of hydrogen-bond acceptors (Lipinski definition) is 8. The van der Waals surface area contributed by atoms with Crippen molar-refractivity contribution < 1.29 is 23.9 Å². The third kappa shape index (κ3) is 7.40. The third-order valence-electron chi connectivity index (χ3n) is 6.26. The van der Waals surface area contributed by atoms with E-state index in [-0.39, 0.29) is 35.8 Å². The molecule has 3 rings (SSSR count). The minimum absolute atomic E-state index is 0.000476. The number of nitrogens with one attached hydrogen (secondary N) is 1. The first kappa shape index (κ1) is 24.9. The van der Waals surface area contributed by atoms with Crippen molar-refractivity contribution in [1.29, 1.82) is 0 Å². The quantitative estimate of drug-likeness (QED) is 0.634. The molecule has 33 heavy (non-hydrogen) atoms. The van der Waals surface area contributed by atoms with Crippen LogP contribution in [0.15, 0.2) is 0 Å². The molecule has 0 atom stereocenters. The summed E-state index contributed by atoms with van der Waals surface area (Å²) in [5, 5.41) is 15.1. The van der Waals surface area contributed by atoms with Gasteiger partial charge in [-0.15, -0.1) is 10.2 Å². The van der Waals surface area contributed by atoms with E-state index in [0.29, 0.717) is 38.4 Å². The fraction of sp³-hybridized carbons (Fsp3) is 0.818. The van der Waals surface area contributed by atoms with Crippen LogP contribution in [0.4, 0.5) is 4.79 Å². The van der Waals surface area contributed by atoms with E-state index in [9.17, 15) is 14.4 Å². The van der Waals surface area contributed by atoms with Gasteiger partial charge in [-0.3, -0.25) is 9.59 Å². The van der Waals surface area contributed by atoms with Crippen LogP contribution in [0.1, 0.15) is 76.3 Å². The Morgan fingerprint density at radius 3 is 2.33 bits per heavy atom. The number of ether oxygens (including phenoxy) is 2. The van der Waals surface area contributed by atoms with Gasteiger partial charge in [0.2, 0.25) is 0 Å². The zero-order valence-corrected chi connectivity index (χ0v) is 20.1. The number of aryl methyl sites for hydroxylation is 1. The summed E-state index contributed by atoms with van der Waals surface area (Å²) < 4.78 is 10.2. The zero-order valence-electron chi connectivity index (χ0n) is 20.1. The number of hydrogen-bond donors (Lipinski definition) is 1. The predicted octanol–water partition coefficient (Wildman–Crippen LogP) is 2.17. The number of nitrogens with zero attached hydrogens (tertiary/aromatic N) is 5. The van der Waals surface area contributed by atoms with Crippen LogP contribution >= 0.6 is 0 Å². The number of rotatable bonds is 6. The van der Waals surface area contributed by atoms with E-state index in [1.165, 1.54) is 11.9 Å². The monoisotopic (exact) mass is 464 g/mol. The topological polar surface area (TPSA) is 129 Å². The first-order valence-electron chi connectivity index (χ1n) is 11.8. The van der Waals surface area contributed by atoms with E-state index < -0.39 is 5.60 Å². The second-order valence-corrected chi connectivity index (χ2v) is 9.95. The van der Waals surface area contributed by atoms with Crippen molar-refractivity contribution in [3.63, 3.8) is 0 Å². The Morgan fingerprint density at radius 1 is 1.06 bits per heavy atom. The minimum Gasteiger partial charge on any atom is -0.469 e. The van der Waals surface area contributed by atoms with E-state index >= 15 is 0 Å². The van der Waals surface area contributed by atoms with Gasteiger partial charge in [0, 0.05) is 19.1 Å². The van der Waals surface area contributed by atoms with Crippen molar-refractivity contribution >= 4 is 18.0 Å². The lowest BCUT2D eigenvalue weighted by molar-refractivity contribution is -0.146. The number of piperidine rings is 1. The number of methoxy groups -OCH3 is 1. The van der Waals surface area contributed by atoms with Crippen molar-refractivity contribution in [1.82, 2.24) is 30.4 Å². The van der Waals surface area contributed by atoms with Gasteiger partial charge in [-0.2, -0.15) is 4.80 Å². The molecule has 11 heteroatoms. The van der Waals surface area contributed by atoms with Crippen molar-refractivity contribution in [2.75, 3.05) is 20.2 Å². The second-order valence-electron chi connectivity index (χ2n) is 9.95. The van der Waals surface area contributed by atoms with Gasteiger partial charge in [0.05, 0.1) is 19.6 Å². The summed E-state index contributed by atoms with van der Waals surface area (Å²) in [7, 11) is 1.40. The number of likely N-dealkylation sites (tertiary alicyclic amines) is 1. The van der Waals surface area contributed by atoms with Crippen LogP contribution in [-0.4, -0.2) is 74.9 Å². The van der Waals surface area contributed by atoms with E-state index in [1.54, 1.807) is 4.90 Å². The molecule has 0 aromatic carbocycles. The number of aromatic nitrogens is 4. The molecular formula is C22H36N6O5. The van der Waals surface area contributed by atoms with Gasteiger partial charge in [-0.05, 0) is 76.8 Å². The highest BCUT2D eigenvalue weighted by Gasteiger charge is 2.29. The fourth-order valence-corrected chi connectivity index (χ4v) is 4.35. The Kier molecular flexibility index (Phi) is 8.25. The molecule has 0 unspecified atom stereocenters.